The monoisotopic (exact) mass is 504 g/mol. The topological polar surface area (TPSA) is 67.9 Å². The molecule has 3 aromatic rings. The predicted molar refractivity (Wildman–Crippen MR) is 144 cm³/mol. The van der Waals surface area contributed by atoms with E-state index in [2.05, 4.69) is 5.32 Å². The highest BCUT2D eigenvalue weighted by atomic mass is 32.2. The fraction of sp³-hybridized carbons (Fsp3) is 0.148. The third kappa shape index (κ3) is 6.49. The van der Waals surface area contributed by atoms with Crippen molar-refractivity contribution in [3.63, 3.8) is 0 Å². The van der Waals surface area contributed by atoms with Crippen molar-refractivity contribution in [1.29, 1.82) is 0 Å². The van der Waals surface area contributed by atoms with Gasteiger partial charge in [0.1, 0.15) is 4.32 Å². The maximum atomic E-state index is 12.9. The van der Waals surface area contributed by atoms with Crippen molar-refractivity contribution in [1.82, 2.24) is 4.90 Å². The second-order valence-corrected chi connectivity index (χ2v) is 9.36. The lowest BCUT2D eigenvalue weighted by atomic mass is 10.1. The molecule has 1 fully saturated rings. The van der Waals surface area contributed by atoms with Crippen LogP contribution in [0, 0.1) is 0 Å². The number of rotatable bonds is 9. The van der Waals surface area contributed by atoms with E-state index < -0.39 is 0 Å². The first kappa shape index (κ1) is 24.5. The highest BCUT2D eigenvalue weighted by molar-refractivity contribution is 8.26. The van der Waals surface area contributed by atoms with Gasteiger partial charge in [0.15, 0.2) is 18.1 Å². The summed E-state index contributed by atoms with van der Waals surface area (Å²) < 4.78 is 11.7. The first-order chi connectivity index (χ1) is 17.0. The van der Waals surface area contributed by atoms with Gasteiger partial charge >= 0.3 is 0 Å². The molecule has 0 radical (unpaired) electrons. The van der Waals surface area contributed by atoms with E-state index >= 15 is 0 Å². The summed E-state index contributed by atoms with van der Waals surface area (Å²) in [7, 11) is 1.53. The Kier molecular flexibility index (Phi) is 8.18. The van der Waals surface area contributed by atoms with Crippen LogP contribution in [0.3, 0.4) is 0 Å². The molecule has 0 unspecified atom stereocenters. The number of hydrogen-bond acceptors (Lipinski definition) is 6. The van der Waals surface area contributed by atoms with Crippen LogP contribution in [0.1, 0.15) is 11.1 Å². The maximum absolute atomic E-state index is 12.9. The second kappa shape index (κ2) is 11.7. The third-order valence-electron chi connectivity index (χ3n) is 5.24. The fourth-order valence-corrected chi connectivity index (χ4v) is 4.79. The lowest BCUT2D eigenvalue weighted by Crippen LogP contribution is -2.30. The SMILES string of the molecule is COc1cc(C=C2SC(=S)N(CCc3ccccc3)C2=O)ccc1OCC(=O)Nc1ccccc1. The minimum Gasteiger partial charge on any atom is -0.493 e. The van der Waals surface area contributed by atoms with E-state index in [9.17, 15) is 9.59 Å². The van der Waals surface area contributed by atoms with Crippen molar-refractivity contribution in [3.05, 3.63) is 94.9 Å². The molecule has 0 saturated carbocycles. The average molecular weight is 505 g/mol. The summed E-state index contributed by atoms with van der Waals surface area (Å²) in [5.41, 5.74) is 2.62. The number of nitrogens with one attached hydrogen (secondary N) is 1. The van der Waals surface area contributed by atoms with Crippen LogP contribution in [0.25, 0.3) is 6.08 Å². The van der Waals surface area contributed by atoms with Crippen molar-refractivity contribution >= 4 is 51.9 Å². The van der Waals surface area contributed by atoms with Crippen LogP contribution >= 0.6 is 24.0 Å². The molecule has 0 spiro atoms. The largest absolute Gasteiger partial charge is 0.493 e. The summed E-state index contributed by atoms with van der Waals surface area (Å²) >= 11 is 6.73. The molecular formula is C27H24N2O4S2. The molecule has 2 amide bonds. The van der Waals surface area contributed by atoms with E-state index in [-0.39, 0.29) is 18.4 Å². The Balaban J connectivity index is 1.39. The third-order valence-corrected chi connectivity index (χ3v) is 6.62. The van der Waals surface area contributed by atoms with Crippen molar-refractivity contribution in [2.45, 2.75) is 6.42 Å². The number of thioether (sulfide) groups is 1. The van der Waals surface area contributed by atoms with Crippen LogP contribution in [0.4, 0.5) is 5.69 Å². The number of nitrogens with zero attached hydrogens (tertiary/aromatic N) is 1. The van der Waals surface area contributed by atoms with Crippen LogP contribution < -0.4 is 14.8 Å². The maximum Gasteiger partial charge on any atom is 0.266 e. The number of carbonyl (C=O) groups is 2. The summed E-state index contributed by atoms with van der Waals surface area (Å²) in [5, 5.41) is 2.77. The minimum absolute atomic E-state index is 0.104. The Morgan fingerprint density at radius 1 is 1.03 bits per heavy atom. The number of para-hydroxylation sites is 1. The molecule has 1 N–H and O–H groups in total. The molecule has 0 atom stereocenters. The lowest BCUT2D eigenvalue weighted by Gasteiger charge is -2.14. The van der Waals surface area contributed by atoms with Crippen molar-refractivity contribution in [2.75, 3.05) is 25.6 Å². The highest BCUT2D eigenvalue weighted by Crippen LogP contribution is 2.35. The summed E-state index contributed by atoms with van der Waals surface area (Å²) in [6.07, 6.45) is 2.52. The van der Waals surface area contributed by atoms with Gasteiger partial charge in [0.05, 0.1) is 12.0 Å². The van der Waals surface area contributed by atoms with Crippen LogP contribution in [-0.2, 0) is 16.0 Å². The molecule has 1 heterocycles. The predicted octanol–water partition coefficient (Wildman–Crippen LogP) is 5.16. The number of ether oxygens (including phenoxy) is 2. The Bertz CT molecular complexity index is 1250. The number of anilines is 1. The van der Waals surface area contributed by atoms with Gasteiger partial charge in [-0.05, 0) is 47.9 Å². The smallest absolute Gasteiger partial charge is 0.266 e. The quantitative estimate of drug-likeness (QED) is 0.321. The number of amides is 2. The van der Waals surface area contributed by atoms with Crippen LogP contribution in [0.15, 0.2) is 83.8 Å². The van der Waals surface area contributed by atoms with E-state index in [1.165, 1.54) is 18.9 Å². The molecule has 0 aromatic heterocycles. The van der Waals surface area contributed by atoms with Crippen LogP contribution in [0.2, 0.25) is 0 Å². The highest BCUT2D eigenvalue weighted by Gasteiger charge is 2.31. The number of carbonyl (C=O) groups excluding carboxylic acids is 2. The molecule has 1 saturated heterocycles. The summed E-state index contributed by atoms with van der Waals surface area (Å²) in [5.74, 6) is 0.517. The molecule has 3 aromatic carbocycles. The zero-order valence-corrected chi connectivity index (χ0v) is 20.7. The second-order valence-electron chi connectivity index (χ2n) is 7.68. The Morgan fingerprint density at radius 3 is 2.46 bits per heavy atom. The van der Waals surface area contributed by atoms with Gasteiger partial charge in [0.2, 0.25) is 0 Å². The molecular weight excluding hydrogens is 480 g/mol. The van der Waals surface area contributed by atoms with Gasteiger partial charge in [-0.25, -0.2) is 0 Å². The molecule has 1 aliphatic heterocycles. The number of benzene rings is 3. The van der Waals surface area contributed by atoms with E-state index in [1.54, 1.807) is 35.2 Å². The number of methoxy groups -OCH3 is 1. The molecule has 4 rings (SSSR count). The van der Waals surface area contributed by atoms with Gasteiger partial charge in [0, 0.05) is 12.2 Å². The Morgan fingerprint density at radius 2 is 1.74 bits per heavy atom. The van der Waals surface area contributed by atoms with Crippen molar-refractivity contribution in [2.24, 2.45) is 0 Å². The van der Waals surface area contributed by atoms with E-state index in [1.807, 2.05) is 54.6 Å². The van der Waals surface area contributed by atoms with Crippen LogP contribution in [-0.4, -0.2) is 41.3 Å². The summed E-state index contributed by atoms with van der Waals surface area (Å²) in [6, 6.07) is 24.5. The normalized spacial score (nSPS) is 14.3. The zero-order valence-electron chi connectivity index (χ0n) is 19.1. The molecule has 8 heteroatoms. The van der Waals surface area contributed by atoms with Crippen molar-refractivity contribution < 1.29 is 19.1 Å². The van der Waals surface area contributed by atoms with Gasteiger partial charge in [-0.2, -0.15) is 0 Å². The van der Waals surface area contributed by atoms with Gasteiger partial charge in [0.25, 0.3) is 11.8 Å². The first-order valence-electron chi connectivity index (χ1n) is 11.0. The van der Waals surface area contributed by atoms with Gasteiger partial charge in [-0.1, -0.05) is 78.6 Å². The van der Waals surface area contributed by atoms with E-state index in [4.69, 9.17) is 21.7 Å². The molecule has 0 bridgehead atoms. The lowest BCUT2D eigenvalue weighted by molar-refractivity contribution is -0.122. The zero-order chi connectivity index (χ0) is 24.6. The van der Waals surface area contributed by atoms with E-state index in [0.717, 1.165) is 17.5 Å². The molecule has 1 aliphatic rings. The Hall–Kier alpha value is -3.62. The molecule has 35 heavy (non-hydrogen) atoms. The average Bonchev–Trinajstić information content (AvgIpc) is 3.14. The molecule has 6 nitrogen and oxygen atoms in total. The minimum atomic E-state index is -0.276. The van der Waals surface area contributed by atoms with Crippen molar-refractivity contribution in [3.8, 4) is 11.5 Å². The van der Waals surface area contributed by atoms with E-state index in [0.29, 0.717) is 33.0 Å². The first-order valence-corrected chi connectivity index (χ1v) is 12.2. The Labute approximate surface area is 213 Å². The standard InChI is InChI=1S/C27H24N2O4S2/c1-32-23-16-20(12-13-22(23)33-18-25(30)28-21-10-6-3-7-11-21)17-24-26(31)29(27(34)35-24)15-14-19-8-4-2-5-9-19/h2-13,16-17H,14-15,18H2,1H3,(H,28,30). The van der Waals surface area contributed by atoms with Gasteiger partial charge in [-0.15, -0.1) is 0 Å². The van der Waals surface area contributed by atoms with Gasteiger partial charge < -0.3 is 14.8 Å². The van der Waals surface area contributed by atoms with Gasteiger partial charge in [-0.3, -0.25) is 14.5 Å². The summed E-state index contributed by atoms with van der Waals surface area (Å²) in [4.78, 5) is 27.3. The summed E-state index contributed by atoms with van der Waals surface area (Å²) in [6.45, 7) is 0.373. The van der Waals surface area contributed by atoms with Crippen LogP contribution in [0.5, 0.6) is 11.5 Å². The fourth-order valence-electron chi connectivity index (χ4n) is 3.48. The number of thiocarbonyl (C=S) groups is 1. The number of hydrogen-bond donors (Lipinski definition) is 1. The molecule has 178 valence electrons. The molecule has 0 aliphatic carbocycles.